The fourth-order valence-corrected chi connectivity index (χ4v) is 3.96. The van der Waals surface area contributed by atoms with Crippen LogP contribution in [0.5, 0.6) is 5.75 Å². The van der Waals surface area contributed by atoms with Gasteiger partial charge in [-0.15, -0.1) is 0 Å². The minimum absolute atomic E-state index is 0.0790. The van der Waals surface area contributed by atoms with Gasteiger partial charge in [0.2, 0.25) is 0 Å². The Balaban J connectivity index is 1.31. The summed E-state index contributed by atoms with van der Waals surface area (Å²) in [5, 5.41) is 3.05. The average Bonchev–Trinajstić information content (AvgIpc) is 2.83. The summed E-state index contributed by atoms with van der Waals surface area (Å²) in [6.07, 6.45) is 3.97. The Hall–Kier alpha value is -3.11. The molecule has 0 aromatic heterocycles. The van der Waals surface area contributed by atoms with Gasteiger partial charge in [-0.3, -0.25) is 9.69 Å². The fraction of sp³-hybridized carbons (Fsp3) is 0.296. The number of hydrogen-bond acceptors (Lipinski definition) is 3. The number of nitrogens with one attached hydrogen (secondary N) is 1. The molecule has 4 heteroatoms. The highest BCUT2D eigenvalue weighted by molar-refractivity contribution is 5.95. The standard InChI is InChI=1S/C27H30N2O2/c30-27(26-12-6-5-9-24(26)21-31-25-10-3-1-4-11-25)28-19-22-13-15-23(16-14-22)20-29-17-7-2-8-18-29/h1,3-6,9-16H,2,7-8,17-21H2,(H,28,30). The van der Waals surface area contributed by atoms with Crippen LogP contribution in [0.1, 0.15) is 46.3 Å². The zero-order valence-corrected chi connectivity index (χ0v) is 17.9. The molecule has 1 amide bonds. The maximum absolute atomic E-state index is 12.8. The SMILES string of the molecule is O=C(NCc1ccc(CN2CCCCC2)cc1)c1ccccc1COc1ccccc1. The monoisotopic (exact) mass is 414 g/mol. The highest BCUT2D eigenvalue weighted by atomic mass is 16.5. The van der Waals surface area contributed by atoms with Crippen molar-refractivity contribution in [2.75, 3.05) is 13.1 Å². The van der Waals surface area contributed by atoms with Crippen molar-refractivity contribution in [3.05, 3.63) is 101 Å². The Morgan fingerprint density at radius 2 is 1.48 bits per heavy atom. The van der Waals surface area contributed by atoms with Gasteiger partial charge in [-0.1, -0.05) is 67.1 Å². The first-order valence-corrected chi connectivity index (χ1v) is 11.1. The Labute approximate surface area is 184 Å². The summed E-state index contributed by atoms with van der Waals surface area (Å²) >= 11 is 0. The van der Waals surface area contributed by atoms with E-state index in [1.165, 1.54) is 37.9 Å². The Morgan fingerprint density at radius 1 is 0.806 bits per heavy atom. The van der Waals surface area contributed by atoms with E-state index in [1.807, 2.05) is 54.6 Å². The van der Waals surface area contributed by atoms with Crippen LogP contribution in [0.4, 0.5) is 0 Å². The Kier molecular flexibility index (Phi) is 7.35. The van der Waals surface area contributed by atoms with Crippen molar-refractivity contribution in [2.45, 2.75) is 39.0 Å². The molecule has 0 atom stereocenters. The molecule has 160 valence electrons. The third-order valence-electron chi connectivity index (χ3n) is 5.73. The molecule has 0 spiro atoms. The van der Waals surface area contributed by atoms with E-state index in [0.29, 0.717) is 18.7 Å². The molecule has 1 fully saturated rings. The summed E-state index contributed by atoms with van der Waals surface area (Å²) in [6.45, 7) is 4.29. The van der Waals surface area contributed by atoms with Gasteiger partial charge in [-0.25, -0.2) is 0 Å². The molecule has 1 saturated heterocycles. The van der Waals surface area contributed by atoms with Crippen molar-refractivity contribution in [3.8, 4) is 5.75 Å². The second-order valence-corrected chi connectivity index (χ2v) is 8.09. The van der Waals surface area contributed by atoms with Gasteiger partial charge in [0.25, 0.3) is 5.91 Å². The lowest BCUT2D eigenvalue weighted by molar-refractivity contribution is 0.0948. The van der Waals surface area contributed by atoms with E-state index in [-0.39, 0.29) is 5.91 Å². The molecule has 1 N–H and O–H groups in total. The molecule has 3 aromatic rings. The lowest BCUT2D eigenvalue weighted by atomic mass is 10.1. The molecule has 1 heterocycles. The quantitative estimate of drug-likeness (QED) is 0.552. The molecular weight excluding hydrogens is 384 g/mol. The third-order valence-corrected chi connectivity index (χ3v) is 5.73. The van der Waals surface area contributed by atoms with Crippen LogP contribution in [0.3, 0.4) is 0 Å². The first-order valence-electron chi connectivity index (χ1n) is 11.1. The second kappa shape index (κ2) is 10.8. The van der Waals surface area contributed by atoms with Gasteiger partial charge in [-0.2, -0.15) is 0 Å². The number of hydrogen-bond donors (Lipinski definition) is 1. The number of carbonyl (C=O) groups is 1. The number of rotatable bonds is 8. The predicted octanol–water partition coefficient (Wildman–Crippen LogP) is 5.18. The van der Waals surface area contributed by atoms with E-state index in [4.69, 9.17) is 4.74 Å². The maximum Gasteiger partial charge on any atom is 0.251 e. The van der Waals surface area contributed by atoms with Gasteiger partial charge in [0, 0.05) is 24.2 Å². The molecular formula is C27H30N2O2. The van der Waals surface area contributed by atoms with Crippen LogP contribution >= 0.6 is 0 Å². The van der Waals surface area contributed by atoms with E-state index in [9.17, 15) is 4.79 Å². The molecule has 4 nitrogen and oxygen atoms in total. The summed E-state index contributed by atoms with van der Waals surface area (Å²) in [7, 11) is 0. The number of nitrogens with zero attached hydrogens (tertiary/aromatic N) is 1. The van der Waals surface area contributed by atoms with Crippen molar-refractivity contribution in [3.63, 3.8) is 0 Å². The summed E-state index contributed by atoms with van der Waals surface area (Å²) in [6, 6.07) is 25.8. The molecule has 0 bridgehead atoms. The van der Waals surface area contributed by atoms with Crippen molar-refractivity contribution < 1.29 is 9.53 Å². The normalized spacial score (nSPS) is 14.2. The summed E-state index contributed by atoms with van der Waals surface area (Å²) in [5.41, 5.74) is 3.97. The zero-order valence-electron chi connectivity index (χ0n) is 17.9. The summed E-state index contributed by atoms with van der Waals surface area (Å²) in [4.78, 5) is 15.3. The minimum Gasteiger partial charge on any atom is -0.489 e. The van der Waals surface area contributed by atoms with E-state index >= 15 is 0 Å². The molecule has 0 aliphatic carbocycles. The molecule has 0 unspecified atom stereocenters. The van der Waals surface area contributed by atoms with Gasteiger partial charge in [0.15, 0.2) is 0 Å². The highest BCUT2D eigenvalue weighted by Gasteiger charge is 2.12. The van der Waals surface area contributed by atoms with Gasteiger partial charge in [-0.05, 0) is 55.3 Å². The van der Waals surface area contributed by atoms with Gasteiger partial charge < -0.3 is 10.1 Å². The summed E-state index contributed by atoms with van der Waals surface area (Å²) in [5.74, 6) is 0.715. The first kappa shape index (κ1) is 21.1. The van der Waals surface area contributed by atoms with E-state index < -0.39 is 0 Å². The van der Waals surface area contributed by atoms with Crippen LogP contribution in [-0.4, -0.2) is 23.9 Å². The van der Waals surface area contributed by atoms with E-state index in [1.54, 1.807) is 0 Å². The second-order valence-electron chi connectivity index (χ2n) is 8.09. The largest absolute Gasteiger partial charge is 0.489 e. The Bertz CT molecular complexity index is 964. The van der Waals surface area contributed by atoms with E-state index in [2.05, 4.69) is 34.5 Å². The predicted molar refractivity (Wildman–Crippen MR) is 124 cm³/mol. The maximum atomic E-state index is 12.8. The minimum atomic E-state index is -0.0790. The van der Waals surface area contributed by atoms with Crippen LogP contribution < -0.4 is 10.1 Å². The van der Waals surface area contributed by atoms with Crippen LogP contribution in [0, 0.1) is 0 Å². The molecule has 31 heavy (non-hydrogen) atoms. The highest BCUT2D eigenvalue weighted by Crippen LogP contribution is 2.16. The smallest absolute Gasteiger partial charge is 0.251 e. The lowest BCUT2D eigenvalue weighted by Crippen LogP contribution is -2.29. The first-order chi connectivity index (χ1) is 15.3. The molecule has 3 aromatic carbocycles. The summed E-state index contributed by atoms with van der Waals surface area (Å²) < 4.78 is 5.84. The van der Waals surface area contributed by atoms with Gasteiger partial charge in [0.05, 0.1) is 0 Å². The molecule has 1 aliphatic rings. The van der Waals surface area contributed by atoms with Crippen LogP contribution in [0.15, 0.2) is 78.9 Å². The lowest BCUT2D eigenvalue weighted by Gasteiger charge is -2.26. The van der Waals surface area contributed by atoms with Crippen LogP contribution in [-0.2, 0) is 19.7 Å². The van der Waals surface area contributed by atoms with Crippen LogP contribution in [0.2, 0.25) is 0 Å². The van der Waals surface area contributed by atoms with Gasteiger partial charge in [0.1, 0.15) is 12.4 Å². The fourth-order valence-electron chi connectivity index (χ4n) is 3.96. The van der Waals surface area contributed by atoms with Crippen LogP contribution in [0.25, 0.3) is 0 Å². The number of piperidine rings is 1. The number of likely N-dealkylation sites (tertiary alicyclic amines) is 1. The van der Waals surface area contributed by atoms with Crippen molar-refractivity contribution in [1.29, 1.82) is 0 Å². The number of ether oxygens (including phenoxy) is 1. The topological polar surface area (TPSA) is 41.6 Å². The average molecular weight is 415 g/mol. The number of para-hydroxylation sites is 1. The molecule has 1 aliphatic heterocycles. The number of amides is 1. The third kappa shape index (κ3) is 6.19. The van der Waals surface area contributed by atoms with Crippen molar-refractivity contribution in [2.24, 2.45) is 0 Å². The number of benzene rings is 3. The molecule has 0 radical (unpaired) electrons. The molecule has 0 saturated carbocycles. The number of carbonyl (C=O) groups excluding carboxylic acids is 1. The molecule has 4 rings (SSSR count). The van der Waals surface area contributed by atoms with Crippen molar-refractivity contribution in [1.82, 2.24) is 10.2 Å². The van der Waals surface area contributed by atoms with Crippen molar-refractivity contribution >= 4 is 5.91 Å². The Morgan fingerprint density at radius 3 is 2.26 bits per heavy atom. The zero-order chi connectivity index (χ0) is 21.3. The van der Waals surface area contributed by atoms with E-state index in [0.717, 1.165) is 23.4 Å². The van der Waals surface area contributed by atoms with Gasteiger partial charge >= 0.3 is 0 Å².